The summed E-state index contributed by atoms with van der Waals surface area (Å²) >= 11 is 0. The van der Waals surface area contributed by atoms with Gasteiger partial charge >= 0.3 is 13.1 Å². The first-order chi connectivity index (χ1) is 25.6. The fourth-order valence-electron chi connectivity index (χ4n) is 7.95. The maximum atomic E-state index is 17.2. The average Bonchev–Trinajstić information content (AvgIpc) is 3.24. The van der Waals surface area contributed by atoms with Crippen molar-refractivity contribution in [2.45, 2.75) is 11.7 Å². The van der Waals surface area contributed by atoms with Crippen LogP contribution < -0.4 is 36.5 Å². The number of fused-ring (bicyclic) bond motifs is 2. The smallest absolute Gasteiger partial charge is 0.353 e. The summed E-state index contributed by atoms with van der Waals surface area (Å²) in [6.45, 7) is -4.78. The van der Waals surface area contributed by atoms with Gasteiger partial charge in [0, 0.05) is 16.4 Å². The lowest BCUT2D eigenvalue weighted by Gasteiger charge is -2.56. The summed E-state index contributed by atoms with van der Waals surface area (Å²) < 4.78 is 46.3. The molecular formula is C44H35B2O5P-2. The molecule has 0 N–H and O–H groups in total. The third-order valence-electron chi connectivity index (χ3n) is 10.4. The molecule has 2 unspecified atom stereocenters. The standard InChI is InChI=1S/C44H35B2O5P/c47-52(38-28-14-5-15-29-38,43-39-30-16-18-32-41(39)48-45(50-43,34-20-6-1-7-21-34)35-22-8-2-9-23-35)44-40-31-17-19-33-42(40)49-46(51-44,36-24-10-3-11-25-36)37-26-12-4-13-27-37/h1-33,43-44H/q-2. The van der Waals surface area contributed by atoms with Crippen LogP contribution >= 0.6 is 7.14 Å². The molecule has 2 aliphatic rings. The van der Waals surface area contributed by atoms with Crippen LogP contribution in [0, 0.1) is 0 Å². The van der Waals surface area contributed by atoms with Gasteiger partial charge in [0.05, 0.1) is 11.5 Å². The Morgan fingerprint density at radius 2 is 0.654 bits per heavy atom. The third kappa shape index (κ3) is 5.24. The van der Waals surface area contributed by atoms with Crippen molar-refractivity contribution in [2.75, 3.05) is 0 Å². The molecule has 0 aliphatic carbocycles. The predicted molar refractivity (Wildman–Crippen MR) is 211 cm³/mol. The molecule has 0 saturated heterocycles. The summed E-state index contributed by atoms with van der Waals surface area (Å²) in [6, 6.07) is 65.2. The van der Waals surface area contributed by atoms with Crippen molar-refractivity contribution in [2.24, 2.45) is 0 Å². The lowest BCUT2D eigenvalue weighted by atomic mass is 9.46. The largest absolute Gasteiger partial charge is 0.685 e. The molecule has 2 heterocycles. The van der Waals surface area contributed by atoms with Gasteiger partial charge in [-0.15, -0.1) is 21.9 Å². The van der Waals surface area contributed by atoms with Crippen molar-refractivity contribution in [1.82, 2.24) is 0 Å². The van der Waals surface area contributed by atoms with Gasteiger partial charge in [-0.05, 0) is 12.1 Å². The van der Waals surface area contributed by atoms with Crippen molar-refractivity contribution in [3.63, 3.8) is 0 Å². The summed E-state index contributed by atoms with van der Waals surface area (Å²) in [6.07, 6.45) is 0. The first kappa shape index (κ1) is 32.3. The lowest BCUT2D eigenvalue weighted by Crippen LogP contribution is -2.68. The SMILES string of the molecule is O=P(c1ccccc1)(C1O[B-](c2ccccc2)(c2ccccc2)Oc2ccccc21)C1O[B-](c2ccccc2)(c2ccccc2)Oc2ccccc21. The van der Waals surface area contributed by atoms with E-state index in [1.165, 1.54) is 0 Å². The lowest BCUT2D eigenvalue weighted by molar-refractivity contribution is 0.174. The minimum Gasteiger partial charge on any atom is -0.685 e. The summed E-state index contributed by atoms with van der Waals surface area (Å²) in [5, 5.41) is 0.634. The van der Waals surface area contributed by atoms with Crippen LogP contribution in [0.2, 0.25) is 0 Å². The first-order valence-electron chi connectivity index (χ1n) is 17.7. The topological polar surface area (TPSA) is 54.0 Å². The van der Waals surface area contributed by atoms with E-state index in [2.05, 4.69) is 0 Å². The highest BCUT2D eigenvalue weighted by Crippen LogP contribution is 2.72. The average molecular weight is 696 g/mol. The molecule has 0 amide bonds. The summed E-state index contributed by atoms with van der Waals surface area (Å²) in [7, 11) is -3.90. The van der Waals surface area contributed by atoms with Crippen molar-refractivity contribution in [1.29, 1.82) is 0 Å². The van der Waals surface area contributed by atoms with Gasteiger partial charge in [-0.25, -0.2) is 0 Å². The van der Waals surface area contributed by atoms with Gasteiger partial charge in [0.1, 0.15) is 11.7 Å². The van der Waals surface area contributed by atoms with Crippen LogP contribution in [0.4, 0.5) is 0 Å². The number of para-hydroxylation sites is 2. The van der Waals surface area contributed by atoms with E-state index in [0.29, 0.717) is 27.9 Å². The van der Waals surface area contributed by atoms with Crippen molar-refractivity contribution in [3.05, 3.63) is 211 Å². The van der Waals surface area contributed by atoms with E-state index in [9.17, 15) is 0 Å². The second-order valence-electron chi connectivity index (χ2n) is 13.4. The van der Waals surface area contributed by atoms with E-state index in [1.54, 1.807) is 0 Å². The van der Waals surface area contributed by atoms with Crippen LogP contribution in [0.3, 0.4) is 0 Å². The molecule has 7 aromatic rings. The first-order valence-corrected chi connectivity index (χ1v) is 19.5. The summed E-state index contributed by atoms with van der Waals surface area (Å²) in [5.41, 5.74) is 4.76. The molecule has 0 aromatic heterocycles. The van der Waals surface area contributed by atoms with Crippen LogP contribution in [-0.4, -0.2) is 13.1 Å². The summed E-state index contributed by atoms with van der Waals surface area (Å²) in [4.78, 5) is 0. The molecule has 0 bridgehead atoms. The zero-order chi connectivity index (χ0) is 35.0. The zero-order valence-corrected chi connectivity index (χ0v) is 29.2. The second kappa shape index (κ2) is 13.2. The van der Waals surface area contributed by atoms with Gasteiger partial charge in [0.25, 0.3) is 0 Å². The minimum atomic E-state index is -3.90. The zero-order valence-electron chi connectivity index (χ0n) is 28.4. The van der Waals surface area contributed by atoms with Crippen molar-refractivity contribution >= 4 is 47.4 Å². The Labute approximate surface area is 304 Å². The van der Waals surface area contributed by atoms with Gasteiger partial charge in [0.2, 0.25) is 0 Å². The molecule has 52 heavy (non-hydrogen) atoms. The van der Waals surface area contributed by atoms with Gasteiger partial charge in [0.15, 0.2) is 7.14 Å². The van der Waals surface area contributed by atoms with Crippen LogP contribution in [0.25, 0.3) is 0 Å². The fraction of sp³-hybridized carbons (Fsp3) is 0.0455. The normalized spacial score (nSPS) is 19.5. The maximum absolute atomic E-state index is 17.2. The molecule has 2 aliphatic heterocycles. The number of hydrogen-bond donors (Lipinski definition) is 0. The van der Waals surface area contributed by atoms with E-state index in [4.69, 9.17) is 18.6 Å². The van der Waals surface area contributed by atoms with E-state index < -0.39 is 31.9 Å². The third-order valence-corrected chi connectivity index (χ3v) is 13.7. The van der Waals surface area contributed by atoms with Gasteiger partial charge in [-0.1, -0.05) is 188 Å². The highest BCUT2D eigenvalue weighted by Gasteiger charge is 2.54. The van der Waals surface area contributed by atoms with Crippen LogP contribution in [-0.2, 0) is 13.9 Å². The predicted octanol–water partition coefficient (Wildman–Crippen LogP) is 7.40. The Morgan fingerprint density at radius 3 is 1.00 bits per heavy atom. The molecule has 2 atom stereocenters. The van der Waals surface area contributed by atoms with E-state index in [1.807, 2.05) is 200 Å². The molecule has 8 heteroatoms. The molecule has 5 nitrogen and oxygen atoms in total. The molecule has 0 spiro atoms. The Bertz CT molecular complexity index is 2140. The molecule has 0 saturated carbocycles. The Balaban J connectivity index is 1.33. The van der Waals surface area contributed by atoms with Gasteiger partial charge in [-0.3, -0.25) is 0 Å². The molecule has 0 fully saturated rings. The van der Waals surface area contributed by atoms with Crippen LogP contribution in [0.15, 0.2) is 200 Å². The Kier molecular flexibility index (Phi) is 8.20. The number of rotatable bonds is 7. The molecule has 7 aromatic carbocycles. The summed E-state index contributed by atoms with van der Waals surface area (Å²) in [5.74, 6) is -0.718. The fourth-order valence-corrected chi connectivity index (χ4v) is 11.3. The van der Waals surface area contributed by atoms with Crippen molar-refractivity contribution < 1.29 is 23.2 Å². The number of benzene rings is 7. The minimum absolute atomic E-state index is 0.617. The molecule has 254 valence electrons. The van der Waals surface area contributed by atoms with Crippen LogP contribution in [0.1, 0.15) is 22.8 Å². The quantitative estimate of drug-likeness (QED) is 0.129. The van der Waals surface area contributed by atoms with E-state index >= 15 is 4.57 Å². The molecule has 9 rings (SSSR count). The Hall–Kier alpha value is -5.58. The highest BCUT2D eigenvalue weighted by molar-refractivity contribution is 7.72. The van der Waals surface area contributed by atoms with Crippen molar-refractivity contribution in [3.8, 4) is 11.5 Å². The highest BCUT2D eigenvalue weighted by atomic mass is 31.2. The number of hydrogen-bond acceptors (Lipinski definition) is 5. The molecular weight excluding hydrogens is 661 g/mol. The maximum Gasteiger partial charge on any atom is 0.353 e. The van der Waals surface area contributed by atoms with Gasteiger partial charge < -0.3 is 23.2 Å². The van der Waals surface area contributed by atoms with Gasteiger partial charge in [-0.2, -0.15) is 0 Å². The Morgan fingerprint density at radius 1 is 0.365 bits per heavy atom. The monoisotopic (exact) mass is 696 g/mol. The molecule has 0 radical (unpaired) electrons. The van der Waals surface area contributed by atoms with E-state index in [-0.39, 0.29) is 0 Å². The second-order valence-corrected chi connectivity index (χ2v) is 16.3. The van der Waals surface area contributed by atoms with E-state index in [0.717, 1.165) is 21.9 Å². The van der Waals surface area contributed by atoms with Crippen LogP contribution in [0.5, 0.6) is 11.5 Å².